The van der Waals surface area contributed by atoms with Crippen molar-refractivity contribution in [3.8, 4) is 0 Å². The van der Waals surface area contributed by atoms with E-state index in [1.807, 2.05) is 6.92 Å². The van der Waals surface area contributed by atoms with Crippen LogP contribution in [-0.2, 0) is 4.74 Å². The summed E-state index contributed by atoms with van der Waals surface area (Å²) >= 11 is 6.21. The van der Waals surface area contributed by atoms with Crippen LogP contribution in [0.2, 0.25) is 0 Å². The SMILES string of the molecule is CCOCCC1CCCCC1Cl. The van der Waals surface area contributed by atoms with Gasteiger partial charge in [-0.2, -0.15) is 0 Å². The number of halogens is 1. The van der Waals surface area contributed by atoms with Gasteiger partial charge < -0.3 is 4.74 Å². The molecule has 1 saturated carbocycles. The minimum absolute atomic E-state index is 0.416. The van der Waals surface area contributed by atoms with Crippen molar-refractivity contribution >= 4 is 11.6 Å². The van der Waals surface area contributed by atoms with Crippen LogP contribution < -0.4 is 0 Å². The van der Waals surface area contributed by atoms with E-state index in [4.69, 9.17) is 16.3 Å². The van der Waals surface area contributed by atoms with Gasteiger partial charge in [-0.05, 0) is 32.1 Å². The van der Waals surface area contributed by atoms with E-state index in [1.54, 1.807) is 0 Å². The third-order valence-electron chi connectivity index (χ3n) is 2.65. The van der Waals surface area contributed by atoms with E-state index in [2.05, 4.69) is 0 Å². The highest BCUT2D eigenvalue weighted by Gasteiger charge is 2.22. The second kappa shape index (κ2) is 5.82. The third kappa shape index (κ3) is 3.32. The molecule has 0 aromatic heterocycles. The lowest BCUT2D eigenvalue weighted by Gasteiger charge is -2.26. The van der Waals surface area contributed by atoms with E-state index in [1.165, 1.54) is 25.7 Å². The zero-order valence-electron chi connectivity index (χ0n) is 7.89. The van der Waals surface area contributed by atoms with Gasteiger partial charge in [-0.25, -0.2) is 0 Å². The molecule has 1 fully saturated rings. The highest BCUT2D eigenvalue weighted by atomic mass is 35.5. The van der Waals surface area contributed by atoms with Crippen LogP contribution in [0.5, 0.6) is 0 Å². The van der Waals surface area contributed by atoms with E-state index in [0.717, 1.165) is 19.6 Å². The van der Waals surface area contributed by atoms with Gasteiger partial charge in [-0.1, -0.05) is 12.8 Å². The van der Waals surface area contributed by atoms with E-state index in [9.17, 15) is 0 Å². The molecule has 12 heavy (non-hydrogen) atoms. The molecule has 0 aromatic rings. The quantitative estimate of drug-likeness (QED) is 0.489. The Kier molecular flexibility index (Phi) is 5.01. The van der Waals surface area contributed by atoms with Crippen molar-refractivity contribution in [3.05, 3.63) is 0 Å². The monoisotopic (exact) mass is 190 g/mol. The first kappa shape index (κ1) is 10.3. The van der Waals surface area contributed by atoms with Crippen molar-refractivity contribution in [1.29, 1.82) is 0 Å². The molecular formula is C10H19ClO. The fraction of sp³-hybridized carbons (Fsp3) is 1.00. The second-order valence-corrected chi connectivity index (χ2v) is 4.11. The number of ether oxygens (including phenoxy) is 1. The molecule has 0 aliphatic heterocycles. The van der Waals surface area contributed by atoms with Gasteiger partial charge in [0.15, 0.2) is 0 Å². The summed E-state index contributed by atoms with van der Waals surface area (Å²) in [5, 5.41) is 0.416. The van der Waals surface area contributed by atoms with Crippen molar-refractivity contribution in [1.82, 2.24) is 0 Å². The van der Waals surface area contributed by atoms with Crippen LogP contribution in [0, 0.1) is 5.92 Å². The Morgan fingerprint density at radius 1 is 1.33 bits per heavy atom. The van der Waals surface area contributed by atoms with E-state index in [0.29, 0.717) is 11.3 Å². The molecule has 1 aliphatic rings. The van der Waals surface area contributed by atoms with Gasteiger partial charge >= 0.3 is 0 Å². The smallest absolute Gasteiger partial charge is 0.0469 e. The van der Waals surface area contributed by atoms with Crippen molar-refractivity contribution in [2.24, 2.45) is 5.92 Å². The molecule has 0 radical (unpaired) electrons. The largest absolute Gasteiger partial charge is 0.382 e. The highest BCUT2D eigenvalue weighted by molar-refractivity contribution is 6.20. The number of hydrogen-bond donors (Lipinski definition) is 0. The van der Waals surface area contributed by atoms with Crippen LogP contribution >= 0.6 is 11.6 Å². The topological polar surface area (TPSA) is 9.23 Å². The molecule has 0 heterocycles. The highest BCUT2D eigenvalue weighted by Crippen LogP contribution is 2.30. The van der Waals surface area contributed by atoms with Gasteiger partial charge in [-0.3, -0.25) is 0 Å². The Morgan fingerprint density at radius 2 is 2.08 bits per heavy atom. The predicted octanol–water partition coefficient (Wildman–Crippen LogP) is 3.21. The Labute approximate surface area is 80.4 Å². The van der Waals surface area contributed by atoms with Crippen LogP contribution in [0.3, 0.4) is 0 Å². The van der Waals surface area contributed by atoms with Crippen molar-refractivity contribution in [2.45, 2.75) is 44.4 Å². The molecule has 2 unspecified atom stereocenters. The summed E-state index contributed by atoms with van der Waals surface area (Å²) in [6, 6.07) is 0. The fourth-order valence-corrected chi connectivity index (χ4v) is 2.27. The minimum Gasteiger partial charge on any atom is -0.382 e. The van der Waals surface area contributed by atoms with Crippen LogP contribution in [0.4, 0.5) is 0 Å². The second-order valence-electron chi connectivity index (χ2n) is 3.55. The summed E-state index contributed by atoms with van der Waals surface area (Å²) in [6.07, 6.45) is 6.35. The molecule has 0 spiro atoms. The molecule has 72 valence electrons. The molecule has 1 rings (SSSR count). The molecule has 0 aromatic carbocycles. The van der Waals surface area contributed by atoms with Gasteiger partial charge in [0.25, 0.3) is 0 Å². The average Bonchev–Trinajstić information content (AvgIpc) is 2.09. The zero-order valence-corrected chi connectivity index (χ0v) is 8.65. The molecular weight excluding hydrogens is 172 g/mol. The first-order valence-electron chi connectivity index (χ1n) is 5.06. The summed E-state index contributed by atoms with van der Waals surface area (Å²) in [6.45, 7) is 3.77. The van der Waals surface area contributed by atoms with Gasteiger partial charge in [-0.15, -0.1) is 11.6 Å². The van der Waals surface area contributed by atoms with Crippen molar-refractivity contribution in [3.63, 3.8) is 0 Å². The summed E-state index contributed by atoms with van der Waals surface area (Å²) in [5.74, 6) is 0.715. The molecule has 0 saturated heterocycles. The van der Waals surface area contributed by atoms with E-state index >= 15 is 0 Å². The number of alkyl halides is 1. The summed E-state index contributed by atoms with van der Waals surface area (Å²) < 4.78 is 5.33. The van der Waals surface area contributed by atoms with Gasteiger partial charge in [0.05, 0.1) is 0 Å². The lowest BCUT2D eigenvalue weighted by atomic mass is 9.87. The first-order chi connectivity index (χ1) is 5.84. The molecule has 0 N–H and O–H groups in total. The van der Waals surface area contributed by atoms with Crippen LogP contribution in [0.1, 0.15) is 39.0 Å². The van der Waals surface area contributed by atoms with Crippen molar-refractivity contribution < 1.29 is 4.74 Å². The maximum Gasteiger partial charge on any atom is 0.0469 e. The van der Waals surface area contributed by atoms with E-state index < -0.39 is 0 Å². The zero-order chi connectivity index (χ0) is 8.81. The first-order valence-corrected chi connectivity index (χ1v) is 5.50. The summed E-state index contributed by atoms with van der Waals surface area (Å²) in [7, 11) is 0. The Balaban J connectivity index is 2.11. The van der Waals surface area contributed by atoms with Gasteiger partial charge in [0.2, 0.25) is 0 Å². The average molecular weight is 191 g/mol. The number of hydrogen-bond acceptors (Lipinski definition) is 1. The maximum absolute atomic E-state index is 6.21. The third-order valence-corrected chi connectivity index (χ3v) is 3.23. The van der Waals surface area contributed by atoms with Crippen LogP contribution in [0.25, 0.3) is 0 Å². The van der Waals surface area contributed by atoms with Gasteiger partial charge in [0.1, 0.15) is 0 Å². The molecule has 2 atom stereocenters. The number of rotatable bonds is 4. The Hall–Kier alpha value is 0.250. The maximum atomic E-state index is 6.21. The van der Waals surface area contributed by atoms with Crippen LogP contribution in [-0.4, -0.2) is 18.6 Å². The molecule has 1 aliphatic carbocycles. The van der Waals surface area contributed by atoms with Crippen LogP contribution in [0.15, 0.2) is 0 Å². The summed E-state index contributed by atoms with van der Waals surface area (Å²) in [4.78, 5) is 0. The fourth-order valence-electron chi connectivity index (χ4n) is 1.87. The predicted molar refractivity (Wildman–Crippen MR) is 52.7 cm³/mol. The summed E-state index contributed by atoms with van der Waals surface area (Å²) in [5.41, 5.74) is 0. The molecule has 2 heteroatoms. The Morgan fingerprint density at radius 3 is 2.75 bits per heavy atom. The lowest BCUT2D eigenvalue weighted by Crippen LogP contribution is -2.21. The van der Waals surface area contributed by atoms with E-state index in [-0.39, 0.29) is 0 Å². The lowest BCUT2D eigenvalue weighted by molar-refractivity contribution is 0.126. The molecule has 1 nitrogen and oxygen atoms in total. The standard InChI is InChI=1S/C10H19ClO/c1-2-12-8-7-9-5-3-4-6-10(9)11/h9-10H,2-8H2,1H3. The minimum atomic E-state index is 0.416. The normalized spacial score (nSPS) is 30.5. The van der Waals surface area contributed by atoms with Gasteiger partial charge in [0, 0.05) is 18.6 Å². The molecule has 0 amide bonds. The van der Waals surface area contributed by atoms with Crippen molar-refractivity contribution in [2.75, 3.05) is 13.2 Å². The Bertz CT molecular complexity index is 116. The molecule has 0 bridgehead atoms.